The summed E-state index contributed by atoms with van der Waals surface area (Å²) in [5.74, 6) is 0. The molecular formula is C24H28N4O2S2. The van der Waals surface area contributed by atoms with Gasteiger partial charge in [-0.25, -0.2) is 9.30 Å². The van der Waals surface area contributed by atoms with Crippen LogP contribution in [0.25, 0.3) is 11.1 Å². The summed E-state index contributed by atoms with van der Waals surface area (Å²) in [6.07, 6.45) is 3.11. The Hall–Kier alpha value is -2.94. The molecule has 3 rings (SSSR count). The normalized spacial score (nSPS) is 10.6. The van der Waals surface area contributed by atoms with E-state index in [2.05, 4.69) is 76.0 Å². The molecule has 0 aliphatic carbocycles. The summed E-state index contributed by atoms with van der Waals surface area (Å²) in [6.45, 7) is 6.39. The smallest absolute Gasteiger partial charge is 0.212 e. The Morgan fingerprint density at radius 2 is 1.72 bits per heavy atom. The average molecular weight is 469 g/mol. The van der Waals surface area contributed by atoms with Crippen molar-refractivity contribution in [1.29, 1.82) is 0 Å². The van der Waals surface area contributed by atoms with Gasteiger partial charge in [0.1, 0.15) is 5.00 Å². The van der Waals surface area contributed by atoms with E-state index in [1.807, 2.05) is 18.2 Å². The van der Waals surface area contributed by atoms with E-state index in [1.54, 1.807) is 23.3 Å². The summed E-state index contributed by atoms with van der Waals surface area (Å²) in [5, 5.41) is 5.56. The summed E-state index contributed by atoms with van der Waals surface area (Å²) in [4.78, 5) is 24.8. The Kier molecular flexibility index (Phi) is 11.2. The number of rotatable bonds is 10. The molecule has 0 fully saturated rings. The lowest BCUT2D eigenvalue weighted by molar-refractivity contribution is -0.108. The third-order valence-corrected chi connectivity index (χ3v) is 6.71. The van der Waals surface area contributed by atoms with Crippen molar-refractivity contribution in [2.24, 2.45) is 10.7 Å². The fourth-order valence-corrected chi connectivity index (χ4v) is 4.77. The molecule has 0 aliphatic heterocycles. The molecule has 0 bridgehead atoms. The van der Waals surface area contributed by atoms with Crippen LogP contribution in [0.5, 0.6) is 0 Å². The maximum Gasteiger partial charge on any atom is 0.212 e. The highest BCUT2D eigenvalue weighted by Gasteiger charge is 2.14. The lowest BCUT2D eigenvalue weighted by atomic mass is 9.98. The fraction of sp³-hybridized carbons (Fsp3) is 0.208. The summed E-state index contributed by atoms with van der Waals surface area (Å²) in [6, 6.07) is 19.1. The SMILES string of the molecule is CCN(CC)Sc1ccc(Cc2c(-c3ccccc3)csc2/N=C\NC=O)cc1.NC=O. The Bertz CT molecular complexity index is 985. The number of primary amides is 1. The first-order valence-electron chi connectivity index (χ1n) is 10.2. The van der Waals surface area contributed by atoms with Crippen molar-refractivity contribution < 1.29 is 9.59 Å². The van der Waals surface area contributed by atoms with Crippen molar-refractivity contribution >= 4 is 47.4 Å². The topological polar surface area (TPSA) is 87.8 Å². The lowest BCUT2D eigenvalue weighted by Crippen LogP contribution is -2.13. The van der Waals surface area contributed by atoms with Crippen molar-refractivity contribution in [3.63, 3.8) is 0 Å². The van der Waals surface area contributed by atoms with Gasteiger partial charge in [-0.05, 0) is 40.8 Å². The molecule has 0 spiro atoms. The quantitative estimate of drug-likeness (QED) is 0.192. The van der Waals surface area contributed by atoms with Gasteiger partial charge in [0.15, 0.2) is 0 Å². The van der Waals surface area contributed by atoms with E-state index in [0.29, 0.717) is 6.41 Å². The molecule has 0 aliphatic rings. The molecule has 168 valence electrons. The molecule has 2 amide bonds. The second-order valence-corrected chi connectivity index (χ2v) is 8.53. The molecular weight excluding hydrogens is 440 g/mol. The first kappa shape index (κ1) is 25.3. The first-order valence-corrected chi connectivity index (χ1v) is 11.9. The Labute approximate surface area is 197 Å². The van der Waals surface area contributed by atoms with Crippen molar-refractivity contribution in [2.45, 2.75) is 25.2 Å². The van der Waals surface area contributed by atoms with Crippen LogP contribution in [-0.4, -0.2) is 36.6 Å². The van der Waals surface area contributed by atoms with Gasteiger partial charge in [-0.1, -0.05) is 56.3 Å². The average Bonchev–Trinajstić information content (AvgIpc) is 3.22. The number of thiophene rings is 1. The minimum atomic E-state index is 0.250. The molecule has 32 heavy (non-hydrogen) atoms. The largest absolute Gasteiger partial charge is 0.372 e. The molecule has 1 aromatic heterocycles. The van der Waals surface area contributed by atoms with Gasteiger partial charge in [-0.3, -0.25) is 9.59 Å². The summed E-state index contributed by atoms with van der Waals surface area (Å²) >= 11 is 3.39. The molecule has 0 atom stereocenters. The summed E-state index contributed by atoms with van der Waals surface area (Å²) < 4.78 is 2.33. The maximum absolute atomic E-state index is 10.5. The highest BCUT2D eigenvalue weighted by molar-refractivity contribution is 7.97. The van der Waals surface area contributed by atoms with Crippen LogP contribution in [0.4, 0.5) is 5.00 Å². The van der Waals surface area contributed by atoms with Gasteiger partial charge in [0.05, 0.1) is 6.34 Å². The van der Waals surface area contributed by atoms with Gasteiger partial charge in [-0.2, -0.15) is 0 Å². The van der Waals surface area contributed by atoms with Gasteiger partial charge in [0.25, 0.3) is 0 Å². The van der Waals surface area contributed by atoms with Crippen molar-refractivity contribution in [1.82, 2.24) is 9.62 Å². The number of carbonyl (C=O) groups excluding carboxylic acids is 2. The summed E-state index contributed by atoms with van der Waals surface area (Å²) in [5.41, 5.74) is 8.95. The maximum atomic E-state index is 10.5. The number of carbonyl (C=O) groups is 2. The number of aliphatic imine (C=N–C) groups is 1. The van der Waals surface area contributed by atoms with E-state index < -0.39 is 0 Å². The number of nitrogens with zero attached hydrogens (tertiary/aromatic N) is 2. The molecule has 3 aromatic rings. The highest BCUT2D eigenvalue weighted by Crippen LogP contribution is 2.39. The third kappa shape index (κ3) is 7.64. The van der Waals surface area contributed by atoms with Crippen LogP contribution in [0.3, 0.4) is 0 Å². The third-order valence-electron chi connectivity index (χ3n) is 4.53. The zero-order valence-electron chi connectivity index (χ0n) is 18.2. The number of hydrogen-bond acceptors (Lipinski definition) is 6. The first-order chi connectivity index (χ1) is 15.7. The number of benzene rings is 2. The molecule has 1 heterocycles. The standard InChI is InChI=1S/C23H25N3OS2.CH3NO/c1-3-26(4-2)29-20-12-10-18(11-13-20)14-21-22(19-8-6-5-7-9-19)15-28-23(21)25-16-24-17-27;2-1-3/h5-13,15-17H,3-4,14H2,1-2H3,(H,24,25,27);1H,(H2,2,3). The van der Waals surface area contributed by atoms with E-state index in [-0.39, 0.29) is 6.41 Å². The second-order valence-electron chi connectivity index (χ2n) is 6.50. The van der Waals surface area contributed by atoms with Crippen LogP contribution in [0.1, 0.15) is 25.0 Å². The summed E-state index contributed by atoms with van der Waals surface area (Å²) in [7, 11) is 0. The number of amides is 2. The van der Waals surface area contributed by atoms with Crippen LogP contribution in [-0.2, 0) is 16.0 Å². The van der Waals surface area contributed by atoms with E-state index in [1.165, 1.54) is 33.5 Å². The van der Waals surface area contributed by atoms with E-state index in [9.17, 15) is 4.79 Å². The van der Waals surface area contributed by atoms with Crippen LogP contribution in [0.2, 0.25) is 0 Å². The molecule has 8 heteroatoms. The predicted octanol–water partition coefficient (Wildman–Crippen LogP) is 4.86. The predicted molar refractivity (Wildman–Crippen MR) is 135 cm³/mol. The number of nitrogens with two attached hydrogens (primary N) is 1. The molecule has 2 aromatic carbocycles. The van der Waals surface area contributed by atoms with E-state index in [0.717, 1.165) is 24.5 Å². The second kappa shape index (κ2) is 14.2. The van der Waals surface area contributed by atoms with Crippen LogP contribution < -0.4 is 11.1 Å². The van der Waals surface area contributed by atoms with Gasteiger partial charge >= 0.3 is 0 Å². The zero-order chi connectivity index (χ0) is 23.2. The van der Waals surface area contributed by atoms with Gasteiger partial charge in [0.2, 0.25) is 12.8 Å². The Morgan fingerprint density at radius 1 is 1.06 bits per heavy atom. The van der Waals surface area contributed by atoms with Crippen molar-refractivity contribution in [3.05, 3.63) is 71.1 Å². The van der Waals surface area contributed by atoms with Crippen LogP contribution in [0.15, 0.2) is 69.9 Å². The van der Waals surface area contributed by atoms with Gasteiger partial charge in [-0.15, -0.1) is 11.3 Å². The monoisotopic (exact) mass is 468 g/mol. The number of nitrogens with one attached hydrogen (secondary N) is 1. The van der Waals surface area contributed by atoms with Gasteiger partial charge in [0, 0.05) is 35.3 Å². The van der Waals surface area contributed by atoms with E-state index >= 15 is 0 Å². The van der Waals surface area contributed by atoms with Crippen LogP contribution in [0, 0.1) is 0 Å². The Balaban J connectivity index is 0.00000114. The van der Waals surface area contributed by atoms with Gasteiger partial charge < -0.3 is 11.1 Å². The molecule has 0 saturated carbocycles. The van der Waals surface area contributed by atoms with E-state index in [4.69, 9.17) is 4.79 Å². The molecule has 0 radical (unpaired) electrons. The van der Waals surface area contributed by atoms with Crippen molar-refractivity contribution in [3.8, 4) is 11.1 Å². The fourth-order valence-electron chi connectivity index (χ4n) is 3.01. The van der Waals surface area contributed by atoms with Crippen LogP contribution >= 0.6 is 23.3 Å². The minimum absolute atomic E-state index is 0.250. The molecule has 0 saturated heterocycles. The molecule has 3 N–H and O–H groups in total. The zero-order valence-corrected chi connectivity index (χ0v) is 19.9. The number of hydrogen-bond donors (Lipinski definition) is 2. The minimum Gasteiger partial charge on any atom is -0.372 e. The highest BCUT2D eigenvalue weighted by atomic mass is 32.2. The molecule has 6 nitrogen and oxygen atoms in total. The molecule has 0 unspecified atom stereocenters. The lowest BCUT2D eigenvalue weighted by Gasteiger charge is -2.16. The Morgan fingerprint density at radius 3 is 2.31 bits per heavy atom. The van der Waals surface area contributed by atoms with Crippen molar-refractivity contribution in [2.75, 3.05) is 13.1 Å².